The molecule has 3 fully saturated rings. The lowest BCUT2D eigenvalue weighted by molar-refractivity contribution is 0.155. The second kappa shape index (κ2) is 11.1. The highest BCUT2D eigenvalue weighted by molar-refractivity contribution is 5.92. The van der Waals surface area contributed by atoms with Gasteiger partial charge >= 0.3 is 12.1 Å². The third-order valence-corrected chi connectivity index (χ3v) is 7.53. The van der Waals surface area contributed by atoms with Crippen LogP contribution < -0.4 is 5.32 Å². The molecule has 3 aliphatic rings. The van der Waals surface area contributed by atoms with Crippen molar-refractivity contribution in [2.45, 2.75) is 56.1 Å². The molecule has 0 radical (unpaired) electrons. The van der Waals surface area contributed by atoms with Crippen LogP contribution in [0.5, 0.6) is 0 Å². The van der Waals surface area contributed by atoms with Gasteiger partial charge in [0.1, 0.15) is 18.5 Å². The molecule has 0 spiro atoms. The maximum atomic E-state index is 14.2. The van der Waals surface area contributed by atoms with Crippen molar-refractivity contribution in [2.75, 3.05) is 19.7 Å². The molecule has 36 heavy (non-hydrogen) atoms. The van der Waals surface area contributed by atoms with Crippen molar-refractivity contribution in [2.24, 2.45) is 0 Å². The summed E-state index contributed by atoms with van der Waals surface area (Å²) in [4.78, 5) is 28.5. The number of nitrogens with zero attached hydrogens (tertiary/aromatic N) is 2. The van der Waals surface area contributed by atoms with Crippen LogP contribution in [0.15, 0.2) is 42.5 Å². The number of halogens is 4. The van der Waals surface area contributed by atoms with E-state index in [2.05, 4.69) is 10.2 Å². The number of rotatable bonds is 4. The Morgan fingerprint density at radius 1 is 0.944 bits per heavy atom. The summed E-state index contributed by atoms with van der Waals surface area (Å²) in [5.74, 6) is -1.94. The molecule has 194 valence electrons. The topological polar surface area (TPSA) is 61.9 Å². The van der Waals surface area contributed by atoms with Crippen molar-refractivity contribution >= 4 is 24.5 Å². The van der Waals surface area contributed by atoms with E-state index < -0.39 is 29.8 Å². The maximum Gasteiger partial charge on any atom is 0.418 e. The third kappa shape index (κ3) is 5.32. The highest BCUT2D eigenvalue weighted by atomic mass is 35.5. The van der Waals surface area contributed by atoms with E-state index in [-0.39, 0.29) is 36.8 Å². The van der Waals surface area contributed by atoms with Gasteiger partial charge in [-0.05, 0) is 67.3 Å². The van der Waals surface area contributed by atoms with Crippen LogP contribution in [0, 0.1) is 17.5 Å². The molecule has 1 aliphatic carbocycles. The smallest absolute Gasteiger partial charge is 0.418 e. The molecule has 5 rings (SSSR count). The van der Waals surface area contributed by atoms with Gasteiger partial charge in [0, 0.05) is 25.2 Å². The first kappa shape index (κ1) is 26.3. The van der Waals surface area contributed by atoms with Gasteiger partial charge in [-0.3, -0.25) is 4.90 Å². The number of hydrogen-bond donors (Lipinski definition) is 1. The van der Waals surface area contributed by atoms with E-state index >= 15 is 0 Å². The van der Waals surface area contributed by atoms with E-state index in [1.54, 1.807) is 6.07 Å². The lowest BCUT2D eigenvalue weighted by Crippen LogP contribution is -2.47. The first-order valence-corrected chi connectivity index (χ1v) is 12.1. The summed E-state index contributed by atoms with van der Waals surface area (Å²) in [5.41, 5.74) is 1.09. The number of nitrogens with one attached hydrogen (secondary N) is 1. The Bertz CT molecular complexity index is 1110. The molecule has 0 aromatic heterocycles. The van der Waals surface area contributed by atoms with Gasteiger partial charge < -0.3 is 10.1 Å². The molecule has 3 amide bonds. The molecule has 2 heterocycles. The number of imide groups is 1. The zero-order valence-corrected chi connectivity index (χ0v) is 20.5. The molecule has 2 saturated heterocycles. The number of urea groups is 1. The predicted molar refractivity (Wildman–Crippen MR) is 129 cm³/mol. The van der Waals surface area contributed by atoms with E-state index in [0.29, 0.717) is 18.2 Å². The summed E-state index contributed by atoms with van der Waals surface area (Å²) in [7, 11) is 0. The summed E-state index contributed by atoms with van der Waals surface area (Å²) in [6.45, 7) is 1.38. The molecule has 6 nitrogen and oxygen atoms in total. The van der Waals surface area contributed by atoms with Gasteiger partial charge in [-0.2, -0.15) is 0 Å². The summed E-state index contributed by atoms with van der Waals surface area (Å²) in [6.07, 6.45) is 3.73. The Morgan fingerprint density at radius 3 is 2.42 bits per heavy atom. The minimum Gasteiger partial charge on any atom is -0.446 e. The van der Waals surface area contributed by atoms with Gasteiger partial charge in [-0.25, -0.2) is 27.7 Å². The van der Waals surface area contributed by atoms with E-state index in [1.165, 1.54) is 12.1 Å². The average molecular weight is 524 g/mol. The fourth-order valence-corrected chi connectivity index (χ4v) is 5.65. The second-order valence-electron chi connectivity index (χ2n) is 9.59. The van der Waals surface area contributed by atoms with Crippen molar-refractivity contribution in [3.05, 3.63) is 71.0 Å². The molecule has 2 aromatic rings. The Morgan fingerprint density at radius 2 is 1.69 bits per heavy atom. The molecule has 1 N–H and O–H groups in total. The van der Waals surface area contributed by atoms with E-state index in [0.717, 1.165) is 61.2 Å². The Balaban J connectivity index is 0.00000304. The van der Waals surface area contributed by atoms with Gasteiger partial charge in [0.25, 0.3) is 0 Å². The number of carbonyl (C=O) groups is 2. The minimum absolute atomic E-state index is 0. The minimum atomic E-state index is -1.04. The predicted octanol–water partition coefficient (Wildman–Crippen LogP) is 5.53. The number of likely N-dealkylation sites (tertiary alicyclic amines) is 1. The van der Waals surface area contributed by atoms with Gasteiger partial charge in [0.15, 0.2) is 11.6 Å². The lowest BCUT2D eigenvalue weighted by Gasteiger charge is -2.35. The third-order valence-electron chi connectivity index (χ3n) is 7.53. The highest BCUT2D eigenvalue weighted by Crippen LogP contribution is 2.37. The van der Waals surface area contributed by atoms with Gasteiger partial charge in [0.05, 0.1) is 0 Å². The molecule has 2 atom stereocenters. The van der Waals surface area contributed by atoms with Crippen LogP contribution >= 0.6 is 12.4 Å². The molecule has 1 saturated carbocycles. The quantitative estimate of drug-likeness (QED) is 0.572. The van der Waals surface area contributed by atoms with Gasteiger partial charge in [-0.15, -0.1) is 12.4 Å². The number of amides is 3. The van der Waals surface area contributed by atoms with Crippen molar-refractivity contribution in [3.8, 4) is 0 Å². The van der Waals surface area contributed by atoms with Gasteiger partial charge in [0.2, 0.25) is 0 Å². The molecule has 0 bridgehead atoms. The monoisotopic (exact) mass is 523 g/mol. The van der Waals surface area contributed by atoms with Gasteiger partial charge in [-0.1, -0.05) is 24.3 Å². The highest BCUT2D eigenvalue weighted by Gasteiger charge is 2.41. The SMILES string of the molecule is Cl.O=C(N[C@@H]1CCN(C2CCC(c3ccccc3F)CC2)C1)N1C(=O)OC[C@@H]1c1ccc(F)c(F)c1. The number of ether oxygens (including phenoxy) is 1. The first-order chi connectivity index (χ1) is 16.9. The van der Waals surface area contributed by atoms with Crippen LogP contribution in [0.2, 0.25) is 0 Å². The Hall–Kier alpha value is -2.78. The summed E-state index contributed by atoms with van der Waals surface area (Å²) < 4.78 is 46.2. The molecule has 0 unspecified atom stereocenters. The van der Waals surface area contributed by atoms with E-state index in [1.807, 2.05) is 12.1 Å². The summed E-state index contributed by atoms with van der Waals surface area (Å²) >= 11 is 0. The van der Waals surface area contributed by atoms with Crippen LogP contribution in [0.1, 0.15) is 55.2 Å². The molecule has 2 aromatic carbocycles. The number of benzene rings is 2. The summed E-state index contributed by atoms with van der Waals surface area (Å²) in [5, 5.41) is 2.92. The van der Waals surface area contributed by atoms with Crippen molar-refractivity contribution in [3.63, 3.8) is 0 Å². The fourth-order valence-electron chi connectivity index (χ4n) is 5.65. The van der Waals surface area contributed by atoms with Crippen molar-refractivity contribution in [1.29, 1.82) is 0 Å². The molecular formula is C26H29ClF3N3O3. The number of carbonyl (C=O) groups excluding carboxylic acids is 2. The second-order valence-corrected chi connectivity index (χ2v) is 9.59. The van der Waals surface area contributed by atoms with Crippen molar-refractivity contribution < 1.29 is 27.5 Å². The zero-order chi connectivity index (χ0) is 24.5. The van der Waals surface area contributed by atoms with E-state index in [9.17, 15) is 22.8 Å². The van der Waals surface area contributed by atoms with Crippen LogP contribution in [-0.2, 0) is 4.74 Å². The van der Waals surface area contributed by atoms with Crippen molar-refractivity contribution in [1.82, 2.24) is 15.1 Å². The van der Waals surface area contributed by atoms with Crippen LogP contribution in [-0.4, -0.2) is 53.7 Å². The van der Waals surface area contributed by atoms with Crippen LogP contribution in [0.4, 0.5) is 22.8 Å². The molecular weight excluding hydrogens is 495 g/mol. The fraction of sp³-hybridized carbons (Fsp3) is 0.462. The van der Waals surface area contributed by atoms with Crippen LogP contribution in [0.3, 0.4) is 0 Å². The van der Waals surface area contributed by atoms with E-state index in [4.69, 9.17) is 4.74 Å². The van der Waals surface area contributed by atoms with Crippen LogP contribution in [0.25, 0.3) is 0 Å². The standard InChI is InChI=1S/C26H28F3N3O3.ClH/c27-21-4-2-1-3-20(21)16-5-8-19(9-6-16)31-12-11-18(14-31)30-25(33)32-24(15-35-26(32)34)17-7-10-22(28)23(29)13-17;/h1-4,7,10,13,16,18-19,24H,5-6,8-9,11-12,14-15H2,(H,30,33);1H/t16?,18-,19?,24-;/m1./s1. The lowest BCUT2D eigenvalue weighted by atomic mass is 9.81. The largest absolute Gasteiger partial charge is 0.446 e. The summed E-state index contributed by atoms with van der Waals surface area (Å²) in [6, 6.07) is 9.12. The Kier molecular flexibility index (Phi) is 8.10. The first-order valence-electron chi connectivity index (χ1n) is 12.1. The average Bonchev–Trinajstić information content (AvgIpc) is 3.48. The molecule has 10 heteroatoms. The Labute approximate surface area is 214 Å². The normalized spacial score (nSPS) is 26.4. The zero-order valence-electron chi connectivity index (χ0n) is 19.7. The maximum absolute atomic E-state index is 14.2. The molecule has 2 aliphatic heterocycles. The number of hydrogen-bond acceptors (Lipinski definition) is 4. The number of cyclic esters (lactones) is 1.